The Labute approximate surface area is 440 Å². The normalized spacial score (nSPS) is 13.6. The third-order valence-electron chi connectivity index (χ3n) is 12.9. The summed E-state index contributed by atoms with van der Waals surface area (Å²) < 4.78 is 5.99. The van der Waals surface area contributed by atoms with Crippen molar-refractivity contribution in [3.05, 3.63) is 179 Å². The van der Waals surface area contributed by atoms with Gasteiger partial charge in [-0.05, 0) is 115 Å². The fraction of sp³-hybridized carbons (Fsp3) is 0.276. The van der Waals surface area contributed by atoms with E-state index in [4.69, 9.17) is 27.8 Å². The number of amides is 5. The lowest BCUT2D eigenvalue weighted by Gasteiger charge is -2.32. The Morgan fingerprint density at radius 2 is 1.33 bits per heavy atom. The van der Waals surface area contributed by atoms with E-state index in [1.807, 2.05) is 103 Å². The molecule has 0 aliphatic heterocycles. The summed E-state index contributed by atoms with van der Waals surface area (Å²) in [5.41, 5.74) is 16.3. The highest BCUT2D eigenvalue weighted by Gasteiger charge is 2.35. The number of aromatic nitrogens is 1. The first-order valence-electron chi connectivity index (χ1n) is 24.9. The number of halogens is 1. The van der Waals surface area contributed by atoms with Crippen molar-refractivity contribution in [2.45, 2.75) is 88.3 Å². The van der Waals surface area contributed by atoms with Crippen LogP contribution in [0.2, 0.25) is 5.02 Å². The van der Waals surface area contributed by atoms with E-state index in [2.05, 4.69) is 26.3 Å². The van der Waals surface area contributed by atoms with Crippen molar-refractivity contribution < 1.29 is 38.6 Å². The van der Waals surface area contributed by atoms with E-state index in [1.54, 1.807) is 54.7 Å². The molecule has 6 atom stereocenters. The van der Waals surface area contributed by atoms with Crippen LogP contribution in [-0.2, 0) is 54.6 Å². The van der Waals surface area contributed by atoms with Gasteiger partial charge in [-0.15, -0.1) is 0 Å². The van der Waals surface area contributed by atoms with Gasteiger partial charge >= 0.3 is 0 Å². The molecular weight excluding hydrogens is 972 g/mol. The third kappa shape index (κ3) is 15.1. The number of aliphatic hydroxyl groups excluding tert-OH is 1. The van der Waals surface area contributed by atoms with Gasteiger partial charge in [0.25, 0.3) is 5.91 Å². The number of fused-ring (bicyclic) bond motifs is 2. The number of para-hydroxylation sites is 1. The second-order valence-corrected chi connectivity index (χ2v) is 18.8. The van der Waals surface area contributed by atoms with E-state index in [9.17, 15) is 29.1 Å². The SMILES string of the molecule is C[C@H](NC(=O)[C@@H](N)Cc1ccc2ccccc2c1)C(=O)N[C@H](Cc1c[nH]c2ccccc12)C(=O)N[C@@H](CO)C(=O)N[C@@H](Cc1ccc(OCc2ccccc2)cc1)C(=O)N(c1ccc(Cl)cc1)[C@@H]([C]=O)CCCCN. The first kappa shape index (κ1) is 54.9. The summed E-state index contributed by atoms with van der Waals surface area (Å²) in [5.74, 6) is -3.21. The zero-order valence-corrected chi connectivity index (χ0v) is 42.3. The van der Waals surface area contributed by atoms with Crippen LogP contribution in [0.25, 0.3) is 21.7 Å². The molecule has 0 unspecified atom stereocenters. The van der Waals surface area contributed by atoms with Gasteiger partial charge in [0, 0.05) is 40.7 Å². The Balaban J connectivity index is 1.10. The summed E-state index contributed by atoms with van der Waals surface area (Å²) in [6, 6.07) is 36.3. The fourth-order valence-electron chi connectivity index (χ4n) is 8.72. The molecule has 0 aliphatic carbocycles. The number of hydrogen-bond donors (Lipinski definition) is 8. The lowest BCUT2D eigenvalue weighted by molar-refractivity contribution is -0.135. The molecule has 0 saturated carbocycles. The summed E-state index contributed by atoms with van der Waals surface area (Å²) >= 11 is 6.25. The summed E-state index contributed by atoms with van der Waals surface area (Å²) in [5, 5.41) is 24.7. The Bertz CT molecular complexity index is 3040. The quantitative estimate of drug-likeness (QED) is 0.0316. The summed E-state index contributed by atoms with van der Waals surface area (Å²) in [6.07, 6.45) is 5.03. The average Bonchev–Trinajstić information content (AvgIpc) is 3.84. The van der Waals surface area contributed by atoms with Crippen molar-refractivity contribution in [2.75, 3.05) is 18.1 Å². The number of carbonyl (C=O) groups is 5. The second-order valence-electron chi connectivity index (χ2n) is 18.4. The maximum absolute atomic E-state index is 15.0. The number of nitrogens with one attached hydrogen (secondary N) is 5. The number of rotatable bonds is 26. The Morgan fingerprint density at radius 3 is 2.05 bits per heavy atom. The Hall–Kier alpha value is -7.89. The maximum atomic E-state index is 15.0. The van der Waals surface area contributed by atoms with E-state index in [0.29, 0.717) is 53.6 Å². The molecule has 389 valence electrons. The number of H-pyrrole nitrogens is 1. The molecule has 0 fully saturated rings. The smallest absolute Gasteiger partial charge is 0.250 e. The zero-order chi connectivity index (χ0) is 53.3. The maximum Gasteiger partial charge on any atom is 0.250 e. The Morgan fingerprint density at radius 1 is 0.680 bits per heavy atom. The molecule has 1 radical (unpaired) electrons. The van der Waals surface area contributed by atoms with Crippen LogP contribution in [0.5, 0.6) is 5.75 Å². The Kier molecular flexibility index (Phi) is 19.7. The van der Waals surface area contributed by atoms with E-state index in [1.165, 1.54) is 11.8 Å². The minimum absolute atomic E-state index is 0.0700. The van der Waals surface area contributed by atoms with Crippen LogP contribution >= 0.6 is 11.6 Å². The number of unbranched alkanes of at least 4 members (excludes halogenated alkanes) is 1. The highest BCUT2D eigenvalue weighted by Crippen LogP contribution is 2.25. The van der Waals surface area contributed by atoms with Crippen LogP contribution in [-0.4, -0.2) is 95.3 Å². The van der Waals surface area contributed by atoms with Crippen LogP contribution in [0.1, 0.15) is 48.4 Å². The van der Waals surface area contributed by atoms with Gasteiger partial charge in [-0.25, -0.2) is 0 Å². The first-order chi connectivity index (χ1) is 36.3. The second kappa shape index (κ2) is 26.9. The summed E-state index contributed by atoms with van der Waals surface area (Å²) in [4.78, 5) is 88.3. The number of hydrogen-bond acceptors (Lipinski definition) is 10. The van der Waals surface area contributed by atoms with Crippen LogP contribution in [0, 0.1) is 0 Å². The van der Waals surface area contributed by atoms with Crippen molar-refractivity contribution in [1.29, 1.82) is 0 Å². The molecule has 0 aliphatic rings. The molecule has 10 N–H and O–H groups in total. The van der Waals surface area contributed by atoms with Crippen LogP contribution < -0.4 is 42.4 Å². The molecule has 0 spiro atoms. The predicted molar refractivity (Wildman–Crippen MR) is 290 cm³/mol. The summed E-state index contributed by atoms with van der Waals surface area (Å²) in [6.45, 7) is 1.23. The summed E-state index contributed by atoms with van der Waals surface area (Å²) in [7, 11) is 0. The van der Waals surface area contributed by atoms with Crippen LogP contribution in [0.4, 0.5) is 5.69 Å². The molecule has 7 rings (SSSR count). The van der Waals surface area contributed by atoms with Crippen LogP contribution in [0.15, 0.2) is 152 Å². The van der Waals surface area contributed by atoms with E-state index < -0.39 is 72.4 Å². The molecule has 1 aromatic heterocycles. The zero-order valence-electron chi connectivity index (χ0n) is 41.5. The number of carbonyl (C=O) groups excluding carboxylic acids is 6. The molecular formula is C58H62ClN8O8. The van der Waals surface area contributed by atoms with E-state index in [0.717, 1.165) is 32.8 Å². The van der Waals surface area contributed by atoms with Crippen LogP contribution in [0.3, 0.4) is 0 Å². The lowest BCUT2D eigenvalue weighted by Crippen LogP contribution is -2.60. The molecule has 6 aromatic carbocycles. The van der Waals surface area contributed by atoms with Gasteiger partial charge in [0.1, 0.15) is 42.6 Å². The molecule has 17 heteroatoms. The van der Waals surface area contributed by atoms with Crippen molar-refractivity contribution in [3.8, 4) is 5.75 Å². The monoisotopic (exact) mass is 1030 g/mol. The minimum atomic E-state index is -1.64. The highest BCUT2D eigenvalue weighted by molar-refractivity contribution is 6.30. The molecule has 7 aromatic rings. The van der Waals surface area contributed by atoms with Gasteiger partial charge in [-0.3, -0.25) is 33.7 Å². The minimum Gasteiger partial charge on any atom is -0.489 e. The lowest BCUT2D eigenvalue weighted by atomic mass is 10.0. The number of nitrogens with two attached hydrogens (primary N) is 2. The number of benzene rings is 6. The number of aromatic amines is 1. The molecule has 75 heavy (non-hydrogen) atoms. The van der Waals surface area contributed by atoms with Gasteiger partial charge in [0.05, 0.1) is 12.6 Å². The number of ether oxygens (including phenoxy) is 1. The van der Waals surface area contributed by atoms with Crippen molar-refractivity contribution in [3.63, 3.8) is 0 Å². The van der Waals surface area contributed by atoms with Crippen molar-refractivity contribution in [2.24, 2.45) is 11.5 Å². The number of nitrogens with zero attached hydrogens (tertiary/aromatic N) is 1. The molecule has 1 heterocycles. The third-order valence-corrected chi connectivity index (χ3v) is 13.1. The average molecular weight is 1030 g/mol. The number of anilines is 1. The van der Waals surface area contributed by atoms with Gasteiger partial charge in [0.15, 0.2) is 0 Å². The largest absolute Gasteiger partial charge is 0.489 e. The van der Waals surface area contributed by atoms with E-state index >= 15 is 4.79 Å². The topological polar surface area (TPSA) is 251 Å². The standard InChI is InChI=1S/C58H62ClN8O8/c1-37(63-55(71)49(61)30-40-18-21-41-13-5-6-14-42(41)29-40)54(70)64-51(32-43-33-62-50-17-8-7-16-48(43)50)56(72)66-53(35-69)57(73)65-52(31-38-19-26-47(27-20-38)75-36-39-11-3-2-4-12-39)58(74)67(45-24-22-44(59)23-25-45)46(34-68)15-9-10-28-60/h2-8,11-14,16-27,29,33,37,46,49,51-53,62,69H,9-10,15,28,30-32,35-36,60-61H2,1H3,(H,63,71)(H,64,70)(H,65,73)(H,66,72)/t37-,46+,49-,51+,52-,53-/m0/s1. The molecule has 5 amide bonds. The van der Waals surface area contributed by atoms with Gasteiger partial charge in [-0.2, -0.15) is 0 Å². The van der Waals surface area contributed by atoms with Gasteiger partial charge < -0.3 is 47.6 Å². The van der Waals surface area contributed by atoms with Gasteiger partial charge in [0.2, 0.25) is 29.9 Å². The first-order valence-corrected chi connectivity index (χ1v) is 25.2. The number of aliphatic hydroxyl groups is 1. The highest BCUT2D eigenvalue weighted by atomic mass is 35.5. The van der Waals surface area contributed by atoms with E-state index in [-0.39, 0.29) is 25.7 Å². The van der Waals surface area contributed by atoms with Crippen molar-refractivity contribution >= 4 is 74.8 Å². The fourth-order valence-corrected chi connectivity index (χ4v) is 8.84. The molecule has 0 bridgehead atoms. The molecule has 16 nitrogen and oxygen atoms in total. The van der Waals surface area contributed by atoms with Crippen molar-refractivity contribution in [1.82, 2.24) is 26.3 Å². The molecule has 0 saturated heterocycles. The van der Waals surface area contributed by atoms with Gasteiger partial charge in [-0.1, -0.05) is 115 Å². The predicted octanol–water partition coefficient (Wildman–Crippen LogP) is 5.50.